The Kier molecular flexibility index (Phi) is 6.90. The number of carbonyl (C=O) groups is 3. The van der Waals surface area contributed by atoms with Gasteiger partial charge in [-0.3, -0.25) is 9.59 Å². The van der Waals surface area contributed by atoms with E-state index in [9.17, 15) is 14.4 Å². The van der Waals surface area contributed by atoms with Crippen molar-refractivity contribution in [1.82, 2.24) is 5.32 Å². The van der Waals surface area contributed by atoms with Crippen molar-refractivity contribution in [2.75, 3.05) is 0 Å². The van der Waals surface area contributed by atoms with Crippen molar-refractivity contribution in [3.05, 3.63) is 12.7 Å². The van der Waals surface area contributed by atoms with Crippen LogP contribution in [0.15, 0.2) is 12.7 Å². The Hall–Kier alpha value is -1.89. The summed E-state index contributed by atoms with van der Waals surface area (Å²) in [7, 11) is 0. The molecule has 1 amide bonds. The van der Waals surface area contributed by atoms with E-state index in [1.807, 2.05) is 5.32 Å². The fourth-order valence-corrected chi connectivity index (χ4v) is 0.605. The molecule has 1 atom stereocenters. The lowest BCUT2D eigenvalue weighted by molar-refractivity contribution is -0.146. The predicted octanol–water partition coefficient (Wildman–Crippen LogP) is -1.61. The molecule has 7 heteroatoms. The Labute approximate surface area is 79.3 Å². The molecule has 0 aromatic heterocycles. The highest BCUT2D eigenvalue weighted by Gasteiger charge is 2.21. The zero-order valence-electron chi connectivity index (χ0n) is 7.19. The third kappa shape index (κ3) is 5.72. The van der Waals surface area contributed by atoms with E-state index in [1.165, 1.54) is 0 Å². The lowest BCUT2D eigenvalue weighted by atomic mass is 10.2. The maximum atomic E-state index is 10.6. The highest BCUT2D eigenvalue weighted by atomic mass is 16.4. The number of carbonyl (C=O) groups excluding carboxylic acids is 1. The van der Waals surface area contributed by atoms with Gasteiger partial charge >= 0.3 is 11.9 Å². The molecule has 0 spiro atoms. The first-order chi connectivity index (χ1) is 5.97. The van der Waals surface area contributed by atoms with Crippen LogP contribution in [0, 0.1) is 0 Å². The molecule has 14 heavy (non-hydrogen) atoms. The Morgan fingerprint density at radius 2 is 1.86 bits per heavy atom. The summed E-state index contributed by atoms with van der Waals surface area (Å²) >= 11 is 0. The molecule has 7 nitrogen and oxygen atoms in total. The minimum absolute atomic E-state index is 0. The van der Waals surface area contributed by atoms with Gasteiger partial charge in [-0.05, 0) is 6.08 Å². The van der Waals surface area contributed by atoms with Gasteiger partial charge in [-0.25, -0.2) is 4.79 Å². The number of aliphatic carboxylic acids is 2. The molecule has 0 aromatic rings. The summed E-state index contributed by atoms with van der Waals surface area (Å²) in [4.78, 5) is 31.1. The first kappa shape index (κ1) is 14.6. The molecular formula is C7H11NO6. The average molecular weight is 205 g/mol. The van der Waals surface area contributed by atoms with Gasteiger partial charge in [-0.15, -0.1) is 0 Å². The van der Waals surface area contributed by atoms with Crippen molar-refractivity contribution in [2.24, 2.45) is 0 Å². The second kappa shape index (κ2) is 6.61. The number of hydrogen-bond donors (Lipinski definition) is 3. The zero-order chi connectivity index (χ0) is 10.4. The first-order valence-electron chi connectivity index (χ1n) is 3.35. The van der Waals surface area contributed by atoms with Gasteiger partial charge in [0.2, 0.25) is 5.91 Å². The van der Waals surface area contributed by atoms with Crippen LogP contribution in [0.25, 0.3) is 0 Å². The molecule has 0 aliphatic heterocycles. The largest absolute Gasteiger partial charge is 0.481 e. The van der Waals surface area contributed by atoms with Gasteiger partial charge in [0.25, 0.3) is 0 Å². The maximum absolute atomic E-state index is 10.6. The molecule has 0 aromatic carbocycles. The molecule has 0 radical (unpaired) electrons. The van der Waals surface area contributed by atoms with Gasteiger partial charge in [0.05, 0.1) is 6.42 Å². The molecule has 0 saturated carbocycles. The SMILES string of the molecule is C=CC(=O)N[C@@H](CC(=O)O)C(=O)O.O. The number of rotatable bonds is 5. The molecule has 0 saturated heterocycles. The van der Waals surface area contributed by atoms with E-state index in [4.69, 9.17) is 10.2 Å². The molecule has 80 valence electrons. The van der Waals surface area contributed by atoms with Gasteiger partial charge in [0.1, 0.15) is 6.04 Å². The smallest absolute Gasteiger partial charge is 0.326 e. The summed E-state index contributed by atoms with van der Waals surface area (Å²) in [6, 6.07) is -1.41. The summed E-state index contributed by atoms with van der Waals surface area (Å²) in [6.07, 6.45) is 0.215. The van der Waals surface area contributed by atoms with E-state index >= 15 is 0 Å². The molecule has 0 aliphatic rings. The van der Waals surface area contributed by atoms with Crippen molar-refractivity contribution < 1.29 is 30.1 Å². The quantitative estimate of drug-likeness (QED) is 0.464. The van der Waals surface area contributed by atoms with E-state index in [0.717, 1.165) is 6.08 Å². The molecule has 0 fully saturated rings. The minimum Gasteiger partial charge on any atom is -0.481 e. The summed E-state index contributed by atoms with van der Waals surface area (Å²) in [5.74, 6) is -3.40. The van der Waals surface area contributed by atoms with Crippen molar-refractivity contribution in [1.29, 1.82) is 0 Å². The molecule has 0 aliphatic carbocycles. The maximum Gasteiger partial charge on any atom is 0.326 e. The van der Waals surface area contributed by atoms with Gasteiger partial charge in [-0.1, -0.05) is 6.58 Å². The fourth-order valence-electron chi connectivity index (χ4n) is 0.605. The summed E-state index contributed by atoms with van der Waals surface area (Å²) in [5.41, 5.74) is 0. The van der Waals surface area contributed by atoms with Crippen molar-refractivity contribution in [3.63, 3.8) is 0 Å². The highest BCUT2D eigenvalue weighted by Crippen LogP contribution is 1.92. The Morgan fingerprint density at radius 3 is 2.14 bits per heavy atom. The highest BCUT2D eigenvalue weighted by molar-refractivity contribution is 5.92. The predicted molar refractivity (Wildman–Crippen MR) is 45.6 cm³/mol. The van der Waals surface area contributed by atoms with Crippen LogP contribution in [-0.2, 0) is 14.4 Å². The molecule has 0 unspecified atom stereocenters. The van der Waals surface area contributed by atoms with Crippen molar-refractivity contribution in [2.45, 2.75) is 12.5 Å². The van der Waals surface area contributed by atoms with Crippen LogP contribution in [0.4, 0.5) is 0 Å². The van der Waals surface area contributed by atoms with Crippen molar-refractivity contribution in [3.8, 4) is 0 Å². The van der Waals surface area contributed by atoms with Crippen LogP contribution in [-0.4, -0.2) is 39.6 Å². The molecule has 0 heterocycles. The number of carboxylic acid groups (broad SMARTS) is 2. The second-order valence-corrected chi connectivity index (χ2v) is 2.20. The summed E-state index contributed by atoms with van der Waals surface area (Å²) < 4.78 is 0. The molecule has 0 rings (SSSR count). The van der Waals surface area contributed by atoms with Crippen LogP contribution in [0.1, 0.15) is 6.42 Å². The molecule has 5 N–H and O–H groups in total. The lowest BCUT2D eigenvalue weighted by Gasteiger charge is -2.09. The normalized spacial score (nSPS) is 10.6. The molecular weight excluding hydrogens is 194 g/mol. The van der Waals surface area contributed by atoms with Crippen LogP contribution >= 0.6 is 0 Å². The van der Waals surface area contributed by atoms with Crippen LogP contribution < -0.4 is 5.32 Å². The number of amides is 1. The van der Waals surface area contributed by atoms with Crippen molar-refractivity contribution >= 4 is 17.8 Å². The van der Waals surface area contributed by atoms with E-state index in [2.05, 4.69) is 6.58 Å². The number of nitrogens with one attached hydrogen (secondary N) is 1. The minimum atomic E-state index is -1.41. The standard InChI is InChI=1S/C7H9NO5.H2O/c1-2-5(9)8-4(7(12)13)3-6(10)11;/h2,4H,1,3H2,(H,8,9)(H,10,11)(H,12,13);1H2/t4-;/m0./s1. The Morgan fingerprint density at radius 1 is 1.36 bits per heavy atom. The third-order valence-electron chi connectivity index (χ3n) is 1.18. The topological polar surface area (TPSA) is 135 Å². The Balaban J connectivity index is 0. The lowest BCUT2D eigenvalue weighted by Crippen LogP contribution is -2.41. The fraction of sp³-hybridized carbons (Fsp3) is 0.286. The number of hydrogen-bond acceptors (Lipinski definition) is 3. The van der Waals surface area contributed by atoms with Crippen LogP contribution in [0.2, 0.25) is 0 Å². The Bertz CT molecular complexity index is 249. The van der Waals surface area contributed by atoms with E-state index in [0.29, 0.717) is 0 Å². The van der Waals surface area contributed by atoms with E-state index in [1.54, 1.807) is 0 Å². The average Bonchev–Trinajstić information content (AvgIpc) is 2.02. The first-order valence-corrected chi connectivity index (χ1v) is 3.35. The van der Waals surface area contributed by atoms with E-state index < -0.39 is 30.3 Å². The van der Waals surface area contributed by atoms with Gasteiger partial charge in [-0.2, -0.15) is 0 Å². The van der Waals surface area contributed by atoms with Gasteiger partial charge in [0, 0.05) is 0 Å². The van der Waals surface area contributed by atoms with E-state index in [-0.39, 0.29) is 5.48 Å². The monoisotopic (exact) mass is 205 g/mol. The summed E-state index contributed by atoms with van der Waals surface area (Å²) in [6.45, 7) is 3.10. The third-order valence-corrected chi connectivity index (χ3v) is 1.18. The zero-order valence-corrected chi connectivity index (χ0v) is 7.19. The van der Waals surface area contributed by atoms with Crippen LogP contribution in [0.5, 0.6) is 0 Å². The second-order valence-electron chi connectivity index (χ2n) is 2.20. The molecule has 0 bridgehead atoms. The van der Waals surface area contributed by atoms with Crippen LogP contribution in [0.3, 0.4) is 0 Å². The van der Waals surface area contributed by atoms with Gasteiger partial charge in [0.15, 0.2) is 0 Å². The number of carboxylic acids is 2. The van der Waals surface area contributed by atoms with Gasteiger partial charge < -0.3 is 21.0 Å². The summed E-state index contributed by atoms with van der Waals surface area (Å²) in [5, 5.41) is 18.7.